The number of aromatic amines is 2. The molecule has 1 aliphatic heterocycles. The number of nitrogens with one attached hydrogen (secondary N) is 3. The molecule has 11 heavy (non-hydrogen) atoms. The average molecular weight is 152 g/mol. The lowest BCUT2D eigenvalue weighted by Gasteiger charge is -1.84. The number of hydrogen-bond donors (Lipinski definition) is 3. The number of anilines is 1. The molecule has 3 N–H and O–H groups in total. The van der Waals surface area contributed by atoms with Crippen molar-refractivity contribution in [2.45, 2.75) is 0 Å². The Morgan fingerprint density at radius 1 is 1.27 bits per heavy atom. The van der Waals surface area contributed by atoms with Crippen molar-refractivity contribution in [2.24, 2.45) is 0 Å². The zero-order valence-electron chi connectivity index (χ0n) is 5.34. The SMILES string of the molecule is O=c1[nH]c2c(c(=O)[nH]1)NC=[N+]2. The van der Waals surface area contributed by atoms with Gasteiger partial charge in [-0.05, 0) is 0 Å². The molecule has 0 spiro atoms. The summed E-state index contributed by atoms with van der Waals surface area (Å²) >= 11 is 0. The van der Waals surface area contributed by atoms with E-state index in [1.807, 2.05) is 0 Å². The van der Waals surface area contributed by atoms with Crippen molar-refractivity contribution in [1.82, 2.24) is 15.0 Å². The lowest BCUT2D eigenvalue weighted by Crippen LogP contribution is -2.23. The number of H-pyrrole nitrogens is 2. The van der Waals surface area contributed by atoms with Gasteiger partial charge in [-0.2, -0.15) is 0 Å². The minimum atomic E-state index is -0.547. The molecule has 1 aromatic heterocycles. The van der Waals surface area contributed by atoms with Crippen LogP contribution in [0, 0.1) is 0 Å². The maximum atomic E-state index is 10.9. The van der Waals surface area contributed by atoms with E-state index >= 15 is 0 Å². The first-order valence-electron chi connectivity index (χ1n) is 2.93. The molecule has 6 heteroatoms. The number of aliphatic imine (C=N–C) groups is 1. The fourth-order valence-electron chi connectivity index (χ4n) is 0.867. The molecule has 55 valence electrons. The van der Waals surface area contributed by atoms with Crippen LogP contribution < -0.4 is 21.6 Å². The summed E-state index contributed by atoms with van der Waals surface area (Å²) in [6, 6.07) is 0. The highest BCUT2D eigenvalue weighted by Gasteiger charge is 2.19. The van der Waals surface area contributed by atoms with Gasteiger partial charge in [-0.25, -0.2) is 9.78 Å². The standard InChI is InChI=1S/C5H4N4O2/c10-4-2-3(7-1-6-2)8-5(11)9-4/h1,6H,(H2,8,9,10,11)/q+1. The second-order valence-electron chi connectivity index (χ2n) is 2.03. The summed E-state index contributed by atoms with van der Waals surface area (Å²) in [5.41, 5.74) is -0.722. The summed E-state index contributed by atoms with van der Waals surface area (Å²) < 4.78 is 0. The third-order valence-corrected chi connectivity index (χ3v) is 1.33. The van der Waals surface area contributed by atoms with E-state index in [2.05, 4.69) is 20.3 Å². The first-order valence-corrected chi connectivity index (χ1v) is 2.93. The molecular weight excluding hydrogens is 148 g/mol. The van der Waals surface area contributed by atoms with Crippen molar-refractivity contribution in [2.75, 3.05) is 5.32 Å². The van der Waals surface area contributed by atoms with Crippen LogP contribution in [0.2, 0.25) is 0 Å². The van der Waals surface area contributed by atoms with E-state index in [0.717, 1.165) is 0 Å². The topological polar surface area (TPSA) is 91.8 Å². The Morgan fingerprint density at radius 3 is 2.91 bits per heavy atom. The molecule has 0 saturated carbocycles. The first-order chi connectivity index (χ1) is 5.27. The lowest BCUT2D eigenvalue weighted by molar-refractivity contribution is 1.03. The normalized spacial score (nSPS) is 12.7. The van der Waals surface area contributed by atoms with Crippen molar-refractivity contribution in [1.29, 1.82) is 0 Å². The Kier molecular flexibility index (Phi) is 0.974. The van der Waals surface area contributed by atoms with E-state index in [4.69, 9.17) is 0 Å². The number of nitrogens with zero attached hydrogens (tertiary/aromatic N) is 1. The highest BCUT2D eigenvalue weighted by atomic mass is 16.2. The van der Waals surface area contributed by atoms with Gasteiger partial charge in [-0.1, -0.05) is 4.99 Å². The third-order valence-electron chi connectivity index (χ3n) is 1.33. The van der Waals surface area contributed by atoms with Crippen LogP contribution in [0.4, 0.5) is 11.5 Å². The van der Waals surface area contributed by atoms with Gasteiger partial charge in [-0.3, -0.25) is 15.1 Å². The lowest BCUT2D eigenvalue weighted by atomic mass is 10.5. The van der Waals surface area contributed by atoms with Crippen molar-refractivity contribution in [3.8, 4) is 0 Å². The molecule has 0 amide bonds. The molecule has 6 nitrogen and oxygen atoms in total. The second-order valence-corrected chi connectivity index (χ2v) is 2.03. The quantitative estimate of drug-likeness (QED) is 0.421. The van der Waals surface area contributed by atoms with E-state index in [0.29, 0.717) is 0 Å². The largest absolute Gasteiger partial charge is 0.384 e. The van der Waals surface area contributed by atoms with Crippen LogP contribution in [-0.4, -0.2) is 16.3 Å². The molecule has 0 fully saturated rings. The second kappa shape index (κ2) is 1.82. The minimum absolute atomic E-state index is 0.277. The molecule has 0 aromatic carbocycles. The van der Waals surface area contributed by atoms with Gasteiger partial charge in [0, 0.05) is 0 Å². The summed E-state index contributed by atoms with van der Waals surface area (Å²) in [4.78, 5) is 29.7. The van der Waals surface area contributed by atoms with Gasteiger partial charge in [-0.15, -0.1) is 0 Å². The van der Waals surface area contributed by atoms with Crippen molar-refractivity contribution < 1.29 is 0 Å². The van der Waals surface area contributed by atoms with Crippen LogP contribution in [0.15, 0.2) is 9.59 Å². The molecule has 1 radical (unpaired) electrons. The van der Waals surface area contributed by atoms with Crippen molar-refractivity contribution in [3.05, 3.63) is 20.8 Å². The minimum Gasteiger partial charge on any atom is -0.267 e. The molecule has 2 rings (SSSR count). The first kappa shape index (κ1) is 5.90. The van der Waals surface area contributed by atoms with Crippen LogP contribution in [-0.2, 0) is 0 Å². The number of aromatic nitrogens is 2. The Labute approximate surface area is 60.0 Å². The summed E-state index contributed by atoms with van der Waals surface area (Å²) in [6.45, 7) is 0. The van der Waals surface area contributed by atoms with E-state index in [1.165, 1.54) is 6.34 Å². The van der Waals surface area contributed by atoms with Gasteiger partial charge in [0.25, 0.3) is 5.56 Å². The Morgan fingerprint density at radius 2 is 2.09 bits per heavy atom. The maximum Gasteiger partial charge on any atom is 0.384 e. The molecule has 0 saturated heterocycles. The van der Waals surface area contributed by atoms with Crippen molar-refractivity contribution >= 4 is 17.8 Å². The fourth-order valence-corrected chi connectivity index (χ4v) is 0.867. The number of fused-ring (bicyclic) bond motifs is 1. The van der Waals surface area contributed by atoms with E-state index in [9.17, 15) is 9.59 Å². The van der Waals surface area contributed by atoms with Gasteiger partial charge < -0.3 is 0 Å². The third kappa shape index (κ3) is 0.759. The zero-order chi connectivity index (χ0) is 7.84. The summed E-state index contributed by atoms with van der Waals surface area (Å²) in [6.07, 6.45) is 1.34. The molecule has 0 bridgehead atoms. The summed E-state index contributed by atoms with van der Waals surface area (Å²) in [7, 11) is 0. The van der Waals surface area contributed by atoms with E-state index < -0.39 is 11.2 Å². The van der Waals surface area contributed by atoms with E-state index in [-0.39, 0.29) is 11.5 Å². The predicted molar refractivity (Wildman–Crippen MR) is 39.2 cm³/mol. The van der Waals surface area contributed by atoms with Gasteiger partial charge in [0.1, 0.15) is 0 Å². The van der Waals surface area contributed by atoms with Crippen LogP contribution in [0.1, 0.15) is 0 Å². The van der Waals surface area contributed by atoms with Crippen LogP contribution in [0.5, 0.6) is 0 Å². The Hall–Kier alpha value is -1.85. The number of hydrogen-bond acceptors (Lipinski definition) is 4. The van der Waals surface area contributed by atoms with Crippen molar-refractivity contribution in [3.63, 3.8) is 0 Å². The Balaban J connectivity index is 2.87. The predicted octanol–water partition coefficient (Wildman–Crippen LogP) is -1.52. The monoisotopic (exact) mass is 152 g/mol. The van der Waals surface area contributed by atoms with Gasteiger partial charge >= 0.3 is 11.5 Å². The highest BCUT2D eigenvalue weighted by Crippen LogP contribution is 2.10. The molecule has 0 atom stereocenters. The van der Waals surface area contributed by atoms with Crippen LogP contribution in [0.3, 0.4) is 0 Å². The van der Waals surface area contributed by atoms with Gasteiger partial charge in [0.15, 0.2) is 0 Å². The molecule has 1 aromatic rings. The highest BCUT2D eigenvalue weighted by molar-refractivity contribution is 5.86. The molecule has 2 heterocycles. The fraction of sp³-hybridized carbons (Fsp3) is 0. The smallest absolute Gasteiger partial charge is 0.267 e. The Bertz CT molecular complexity index is 427. The molecular formula is C5H4N4O2+. The summed E-state index contributed by atoms with van der Waals surface area (Å²) in [5.74, 6) is 0.277. The van der Waals surface area contributed by atoms with E-state index in [1.54, 1.807) is 0 Å². The van der Waals surface area contributed by atoms with Gasteiger partial charge in [0.05, 0.1) is 0 Å². The molecule has 0 unspecified atom stereocenters. The van der Waals surface area contributed by atoms with Crippen LogP contribution >= 0.6 is 0 Å². The van der Waals surface area contributed by atoms with Crippen LogP contribution in [0.25, 0.3) is 0 Å². The summed E-state index contributed by atoms with van der Waals surface area (Å²) in [5, 5.41) is 2.59. The number of rotatable bonds is 0. The zero-order valence-corrected chi connectivity index (χ0v) is 5.34. The average Bonchev–Trinajstić information content (AvgIpc) is 2.34. The van der Waals surface area contributed by atoms with Gasteiger partial charge in [0.2, 0.25) is 12.0 Å². The molecule has 0 aliphatic carbocycles. The maximum absolute atomic E-state index is 10.9. The molecule has 1 aliphatic rings.